The monoisotopic (exact) mass is 370 g/mol. The number of ether oxygens (including phenoxy) is 1. The number of benzene rings is 2. The van der Waals surface area contributed by atoms with Gasteiger partial charge in [-0.2, -0.15) is 0 Å². The van der Waals surface area contributed by atoms with E-state index in [0.29, 0.717) is 13.2 Å². The Kier molecular flexibility index (Phi) is 5.81. The van der Waals surface area contributed by atoms with Crippen molar-refractivity contribution in [1.29, 1.82) is 0 Å². The molecule has 0 radical (unpaired) electrons. The highest BCUT2D eigenvalue weighted by molar-refractivity contribution is 6.33. The molecule has 3 aromatic rings. The van der Waals surface area contributed by atoms with E-state index in [1.54, 1.807) is 12.4 Å². The fraction of sp³-hybridized carbons (Fsp3) is 0.100. The molecular weight excluding hydrogens is 355 g/mol. The Bertz CT molecular complexity index is 886. The molecule has 6 heteroatoms. The predicted octanol–water partition coefficient (Wildman–Crippen LogP) is 4.38. The molecule has 1 amide bonds. The molecule has 1 heterocycles. The van der Waals surface area contributed by atoms with E-state index in [1.165, 1.54) is 12.1 Å². The van der Waals surface area contributed by atoms with Crippen molar-refractivity contribution >= 4 is 17.5 Å². The van der Waals surface area contributed by atoms with Crippen LogP contribution in [-0.2, 0) is 13.2 Å². The Morgan fingerprint density at radius 1 is 1.12 bits per heavy atom. The minimum Gasteiger partial charge on any atom is -0.489 e. The van der Waals surface area contributed by atoms with E-state index in [2.05, 4.69) is 10.3 Å². The smallest absolute Gasteiger partial charge is 0.253 e. The van der Waals surface area contributed by atoms with Crippen molar-refractivity contribution in [3.8, 4) is 5.75 Å². The van der Waals surface area contributed by atoms with Crippen molar-refractivity contribution in [3.05, 3.63) is 94.5 Å². The van der Waals surface area contributed by atoms with Gasteiger partial charge in [0, 0.05) is 24.5 Å². The maximum atomic E-state index is 13.0. The third-order valence-corrected chi connectivity index (χ3v) is 3.99. The lowest BCUT2D eigenvalue weighted by Crippen LogP contribution is -2.23. The Morgan fingerprint density at radius 3 is 2.62 bits per heavy atom. The lowest BCUT2D eigenvalue weighted by Gasteiger charge is -2.09. The summed E-state index contributed by atoms with van der Waals surface area (Å²) in [6.45, 7) is 0.766. The molecule has 0 unspecified atom stereocenters. The first kappa shape index (κ1) is 17.9. The SMILES string of the molecule is O=C(NCc1ccc(OCc2cccnc2)cc1)c1ccc(F)cc1Cl. The van der Waals surface area contributed by atoms with Crippen LogP contribution in [0.2, 0.25) is 5.02 Å². The maximum absolute atomic E-state index is 13.0. The number of hydrogen-bond donors (Lipinski definition) is 1. The zero-order valence-electron chi connectivity index (χ0n) is 13.8. The summed E-state index contributed by atoms with van der Waals surface area (Å²) in [5, 5.41) is 2.84. The van der Waals surface area contributed by atoms with Crippen LogP contribution < -0.4 is 10.1 Å². The van der Waals surface area contributed by atoms with E-state index in [9.17, 15) is 9.18 Å². The third kappa shape index (κ3) is 4.80. The second kappa shape index (κ2) is 8.45. The van der Waals surface area contributed by atoms with Crippen LogP contribution in [-0.4, -0.2) is 10.9 Å². The number of nitrogens with zero attached hydrogens (tertiary/aromatic N) is 1. The molecule has 0 aliphatic heterocycles. The highest BCUT2D eigenvalue weighted by Crippen LogP contribution is 2.18. The molecule has 1 N–H and O–H groups in total. The van der Waals surface area contributed by atoms with E-state index in [0.717, 1.165) is 22.9 Å². The maximum Gasteiger partial charge on any atom is 0.253 e. The lowest BCUT2D eigenvalue weighted by atomic mass is 10.2. The third-order valence-electron chi connectivity index (χ3n) is 3.68. The first-order valence-electron chi connectivity index (χ1n) is 7.96. The van der Waals surface area contributed by atoms with Gasteiger partial charge in [0.15, 0.2) is 0 Å². The summed E-state index contributed by atoms with van der Waals surface area (Å²) in [7, 11) is 0. The summed E-state index contributed by atoms with van der Waals surface area (Å²) in [5.74, 6) is -0.106. The van der Waals surface area contributed by atoms with Gasteiger partial charge in [0.1, 0.15) is 18.2 Å². The predicted molar refractivity (Wildman–Crippen MR) is 97.6 cm³/mol. The van der Waals surface area contributed by atoms with Crippen LogP contribution in [0.4, 0.5) is 4.39 Å². The number of carbonyl (C=O) groups is 1. The van der Waals surface area contributed by atoms with E-state index >= 15 is 0 Å². The van der Waals surface area contributed by atoms with Crippen molar-refractivity contribution in [2.45, 2.75) is 13.2 Å². The van der Waals surface area contributed by atoms with E-state index in [-0.39, 0.29) is 16.5 Å². The molecule has 0 fully saturated rings. The van der Waals surface area contributed by atoms with Crippen molar-refractivity contribution in [2.24, 2.45) is 0 Å². The second-order valence-corrected chi connectivity index (χ2v) is 6.01. The number of hydrogen-bond acceptors (Lipinski definition) is 3. The summed E-state index contributed by atoms with van der Waals surface area (Å²) in [6.07, 6.45) is 3.47. The van der Waals surface area contributed by atoms with Crippen LogP contribution in [0.5, 0.6) is 5.75 Å². The highest BCUT2D eigenvalue weighted by Gasteiger charge is 2.10. The van der Waals surface area contributed by atoms with Gasteiger partial charge in [0.05, 0.1) is 10.6 Å². The molecule has 0 spiro atoms. The molecule has 0 aliphatic carbocycles. The Balaban J connectivity index is 1.53. The van der Waals surface area contributed by atoms with E-state index in [4.69, 9.17) is 16.3 Å². The molecule has 0 aliphatic rings. The molecular formula is C20H16ClFN2O2. The Morgan fingerprint density at radius 2 is 1.92 bits per heavy atom. The first-order chi connectivity index (χ1) is 12.6. The van der Waals surface area contributed by atoms with Crippen molar-refractivity contribution in [2.75, 3.05) is 0 Å². The van der Waals surface area contributed by atoms with Crippen LogP contribution in [0, 0.1) is 5.82 Å². The van der Waals surface area contributed by atoms with E-state index < -0.39 is 5.82 Å². The highest BCUT2D eigenvalue weighted by atomic mass is 35.5. The van der Waals surface area contributed by atoms with Gasteiger partial charge < -0.3 is 10.1 Å². The first-order valence-corrected chi connectivity index (χ1v) is 8.33. The average molecular weight is 371 g/mol. The van der Waals surface area contributed by atoms with Gasteiger partial charge in [0.2, 0.25) is 0 Å². The van der Waals surface area contributed by atoms with Gasteiger partial charge in [-0.05, 0) is 42.0 Å². The summed E-state index contributed by atoms with van der Waals surface area (Å²) in [4.78, 5) is 16.2. The van der Waals surface area contributed by atoms with Gasteiger partial charge in [-0.25, -0.2) is 4.39 Å². The van der Waals surface area contributed by atoms with E-state index in [1.807, 2.05) is 36.4 Å². The van der Waals surface area contributed by atoms with Crippen molar-refractivity contribution in [1.82, 2.24) is 10.3 Å². The molecule has 0 saturated carbocycles. The number of carbonyl (C=O) groups excluding carboxylic acids is 1. The van der Waals surface area contributed by atoms with Gasteiger partial charge >= 0.3 is 0 Å². The van der Waals surface area contributed by atoms with Crippen LogP contribution in [0.3, 0.4) is 0 Å². The molecule has 4 nitrogen and oxygen atoms in total. The van der Waals surface area contributed by atoms with Gasteiger partial charge in [-0.3, -0.25) is 9.78 Å². The Labute approximate surface area is 155 Å². The zero-order chi connectivity index (χ0) is 18.4. The number of amides is 1. The van der Waals surface area contributed by atoms with Crippen LogP contribution in [0.1, 0.15) is 21.5 Å². The molecule has 132 valence electrons. The molecule has 1 aromatic heterocycles. The van der Waals surface area contributed by atoms with Gasteiger partial charge in [-0.1, -0.05) is 29.8 Å². The lowest BCUT2D eigenvalue weighted by molar-refractivity contribution is 0.0951. The number of nitrogens with one attached hydrogen (secondary N) is 1. The number of aromatic nitrogens is 1. The van der Waals surface area contributed by atoms with Gasteiger partial charge in [-0.15, -0.1) is 0 Å². The topological polar surface area (TPSA) is 51.2 Å². The zero-order valence-corrected chi connectivity index (χ0v) is 14.5. The number of halogens is 2. The summed E-state index contributed by atoms with van der Waals surface area (Å²) < 4.78 is 18.7. The molecule has 0 atom stereocenters. The molecule has 3 rings (SSSR count). The largest absolute Gasteiger partial charge is 0.489 e. The van der Waals surface area contributed by atoms with Crippen molar-refractivity contribution in [3.63, 3.8) is 0 Å². The number of pyridine rings is 1. The molecule has 0 bridgehead atoms. The Hall–Kier alpha value is -2.92. The normalized spacial score (nSPS) is 10.4. The van der Waals surface area contributed by atoms with Crippen LogP contribution >= 0.6 is 11.6 Å². The van der Waals surface area contributed by atoms with Crippen LogP contribution in [0.15, 0.2) is 67.0 Å². The average Bonchev–Trinajstić information content (AvgIpc) is 2.66. The fourth-order valence-corrected chi connectivity index (χ4v) is 2.56. The summed E-state index contributed by atoms with van der Waals surface area (Å²) in [5.41, 5.74) is 2.13. The van der Waals surface area contributed by atoms with Crippen molar-refractivity contribution < 1.29 is 13.9 Å². The molecule has 0 saturated heterocycles. The fourth-order valence-electron chi connectivity index (χ4n) is 2.30. The number of rotatable bonds is 6. The summed E-state index contributed by atoms with van der Waals surface area (Å²) in [6, 6.07) is 14.9. The minimum absolute atomic E-state index is 0.0849. The minimum atomic E-state index is -0.478. The van der Waals surface area contributed by atoms with Crippen LogP contribution in [0.25, 0.3) is 0 Å². The second-order valence-electron chi connectivity index (χ2n) is 5.60. The molecule has 26 heavy (non-hydrogen) atoms. The molecule has 2 aromatic carbocycles. The standard InChI is InChI=1S/C20H16ClFN2O2/c21-19-10-16(22)5-8-18(19)20(25)24-12-14-3-6-17(7-4-14)26-13-15-2-1-9-23-11-15/h1-11H,12-13H2,(H,24,25). The van der Waals surface area contributed by atoms with Gasteiger partial charge in [0.25, 0.3) is 5.91 Å². The summed E-state index contributed by atoms with van der Waals surface area (Å²) >= 11 is 5.89. The quantitative estimate of drug-likeness (QED) is 0.700.